The van der Waals surface area contributed by atoms with Gasteiger partial charge in [-0.2, -0.15) is 5.10 Å². The lowest BCUT2D eigenvalue weighted by Crippen LogP contribution is -2.01. The molecule has 0 saturated heterocycles. The van der Waals surface area contributed by atoms with E-state index in [1.54, 1.807) is 17.5 Å². The lowest BCUT2D eigenvalue weighted by Gasteiger charge is -1.99. The first-order valence-corrected chi connectivity index (χ1v) is 3.04. The van der Waals surface area contributed by atoms with Gasteiger partial charge in [-0.25, -0.2) is 0 Å². The monoisotopic (exact) mass is 138 g/mol. The van der Waals surface area contributed by atoms with Gasteiger partial charge in [0.2, 0.25) is 0 Å². The molecule has 3 heteroatoms. The Balaban J connectivity index is 2.55. The largest absolute Gasteiger partial charge is 0.463 e. The van der Waals surface area contributed by atoms with Crippen LogP contribution in [0.1, 0.15) is 5.76 Å². The van der Waals surface area contributed by atoms with Crippen molar-refractivity contribution in [2.24, 2.45) is 5.10 Å². The zero-order chi connectivity index (χ0) is 7.40. The minimum atomic E-state index is 0.772. The van der Waals surface area contributed by atoms with Crippen LogP contribution < -0.4 is 0 Å². The van der Waals surface area contributed by atoms with Crippen LogP contribution in [0.5, 0.6) is 0 Å². The van der Waals surface area contributed by atoms with Crippen LogP contribution in [0.3, 0.4) is 0 Å². The van der Waals surface area contributed by atoms with E-state index in [1.165, 1.54) is 0 Å². The Labute approximate surface area is 59.9 Å². The lowest BCUT2D eigenvalue weighted by molar-refractivity contribution is 0.438. The highest BCUT2D eigenvalue weighted by Crippen LogP contribution is 1.94. The van der Waals surface area contributed by atoms with Gasteiger partial charge < -0.3 is 9.43 Å². The molecule has 3 nitrogen and oxygen atoms in total. The summed E-state index contributed by atoms with van der Waals surface area (Å²) in [6.07, 6.45) is 3.29. The summed E-state index contributed by atoms with van der Waals surface area (Å²) >= 11 is 0. The van der Waals surface area contributed by atoms with Gasteiger partial charge in [-0.3, -0.25) is 0 Å². The van der Waals surface area contributed by atoms with Gasteiger partial charge in [-0.15, -0.1) is 0 Å². The molecule has 0 aliphatic heterocycles. The third-order valence-corrected chi connectivity index (χ3v) is 0.959. The van der Waals surface area contributed by atoms with Gasteiger partial charge in [0.05, 0.1) is 12.5 Å². The Morgan fingerprint density at radius 2 is 2.40 bits per heavy atom. The molecule has 0 saturated carbocycles. The first kappa shape index (κ1) is 6.86. The van der Waals surface area contributed by atoms with Crippen LogP contribution >= 0.6 is 0 Å². The van der Waals surface area contributed by atoms with Crippen molar-refractivity contribution < 1.29 is 4.42 Å². The SMILES string of the molecule is CN(C)/N=C\c1ccco1. The first-order valence-electron chi connectivity index (χ1n) is 3.04. The third-order valence-electron chi connectivity index (χ3n) is 0.959. The molecule has 0 aliphatic carbocycles. The van der Waals surface area contributed by atoms with Gasteiger partial charge >= 0.3 is 0 Å². The Bertz CT molecular complexity index is 201. The lowest BCUT2D eigenvalue weighted by atomic mass is 10.5. The summed E-state index contributed by atoms with van der Waals surface area (Å²) < 4.78 is 5.01. The van der Waals surface area contributed by atoms with E-state index in [-0.39, 0.29) is 0 Å². The molecule has 10 heavy (non-hydrogen) atoms. The second-order valence-electron chi connectivity index (χ2n) is 2.11. The normalized spacial score (nSPS) is 10.6. The first-order chi connectivity index (χ1) is 4.79. The fourth-order valence-electron chi connectivity index (χ4n) is 0.537. The number of nitrogens with zero attached hydrogens (tertiary/aromatic N) is 2. The second-order valence-corrected chi connectivity index (χ2v) is 2.11. The number of furan rings is 1. The summed E-state index contributed by atoms with van der Waals surface area (Å²) in [4.78, 5) is 0. The van der Waals surface area contributed by atoms with Crippen LogP contribution in [-0.2, 0) is 0 Å². The Hall–Kier alpha value is -1.25. The highest BCUT2D eigenvalue weighted by atomic mass is 16.3. The minimum Gasteiger partial charge on any atom is -0.463 e. The van der Waals surface area contributed by atoms with Crippen LogP contribution in [0.25, 0.3) is 0 Å². The number of hydrogen-bond acceptors (Lipinski definition) is 3. The van der Waals surface area contributed by atoms with Crippen LogP contribution in [0.2, 0.25) is 0 Å². The second kappa shape index (κ2) is 3.06. The molecule has 0 fully saturated rings. The third kappa shape index (κ3) is 1.93. The number of hydrogen-bond donors (Lipinski definition) is 0. The fourth-order valence-corrected chi connectivity index (χ4v) is 0.537. The van der Waals surface area contributed by atoms with E-state index >= 15 is 0 Å². The molecule has 0 amide bonds. The maximum atomic E-state index is 5.01. The van der Waals surface area contributed by atoms with Gasteiger partial charge in [0.1, 0.15) is 5.76 Å². The molecule has 1 heterocycles. The Morgan fingerprint density at radius 3 is 2.90 bits per heavy atom. The summed E-state index contributed by atoms with van der Waals surface area (Å²) in [5, 5.41) is 5.69. The maximum Gasteiger partial charge on any atom is 0.146 e. The van der Waals surface area contributed by atoms with E-state index in [0.29, 0.717) is 0 Å². The van der Waals surface area contributed by atoms with Gasteiger partial charge in [0, 0.05) is 14.1 Å². The maximum absolute atomic E-state index is 5.01. The summed E-state index contributed by atoms with van der Waals surface area (Å²) in [6, 6.07) is 3.68. The highest BCUT2D eigenvalue weighted by Gasteiger charge is 1.86. The van der Waals surface area contributed by atoms with Crippen molar-refractivity contribution in [1.29, 1.82) is 0 Å². The van der Waals surface area contributed by atoms with Crippen LogP contribution in [0, 0.1) is 0 Å². The molecule has 0 N–H and O–H groups in total. The van der Waals surface area contributed by atoms with E-state index in [0.717, 1.165) is 5.76 Å². The summed E-state index contributed by atoms with van der Waals surface area (Å²) in [6.45, 7) is 0. The Morgan fingerprint density at radius 1 is 1.60 bits per heavy atom. The average Bonchev–Trinajstić information content (AvgIpc) is 2.34. The highest BCUT2D eigenvalue weighted by molar-refractivity contribution is 5.75. The fraction of sp³-hybridized carbons (Fsp3) is 0.286. The van der Waals surface area contributed by atoms with Crippen LogP contribution in [-0.4, -0.2) is 25.3 Å². The standard InChI is InChI=1S/C7H10N2O/c1-9(2)8-6-7-4-3-5-10-7/h3-6H,1-2H3/b8-6-. The van der Waals surface area contributed by atoms with E-state index in [4.69, 9.17) is 4.42 Å². The molecular weight excluding hydrogens is 128 g/mol. The molecule has 1 rings (SSSR count). The zero-order valence-electron chi connectivity index (χ0n) is 6.11. The van der Waals surface area contributed by atoms with Crippen molar-refractivity contribution in [3.05, 3.63) is 24.2 Å². The Kier molecular flexibility index (Phi) is 2.10. The molecule has 1 aromatic heterocycles. The van der Waals surface area contributed by atoms with Crippen molar-refractivity contribution in [1.82, 2.24) is 5.01 Å². The van der Waals surface area contributed by atoms with Crippen molar-refractivity contribution in [3.8, 4) is 0 Å². The zero-order valence-corrected chi connectivity index (χ0v) is 6.11. The molecule has 0 atom stereocenters. The summed E-state index contributed by atoms with van der Waals surface area (Å²) in [5.41, 5.74) is 0. The molecule has 0 unspecified atom stereocenters. The summed E-state index contributed by atoms with van der Waals surface area (Å²) in [5.74, 6) is 0.772. The van der Waals surface area contributed by atoms with Gasteiger partial charge in [-0.1, -0.05) is 0 Å². The van der Waals surface area contributed by atoms with Crippen molar-refractivity contribution >= 4 is 6.21 Å². The predicted molar refractivity (Wildman–Crippen MR) is 40.0 cm³/mol. The number of rotatable bonds is 2. The van der Waals surface area contributed by atoms with E-state index < -0.39 is 0 Å². The minimum absolute atomic E-state index is 0.772. The molecule has 0 aliphatic rings. The molecule has 0 spiro atoms. The molecule has 0 bridgehead atoms. The van der Waals surface area contributed by atoms with E-state index in [9.17, 15) is 0 Å². The van der Waals surface area contributed by atoms with Crippen LogP contribution in [0.15, 0.2) is 27.9 Å². The topological polar surface area (TPSA) is 28.7 Å². The van der Waals surface area contributed by atoms with E-state index in [1.807, 2.05) is 26.2 Å². The molecular formula is C7H10N2O. The van der Waals surface area contributed by atoms with Crippen molar-refractivity contribution in [2.75, 3.05) is 14.1 Å². The average molecular weight is 138 g/mol. The molecule has 1 aromatic rings. The van der Waals surface area contributed by atoms with Gasteiger partial charge in [0.15, 0.2) is 0 Å². The summed E-state index contributed by atoms with van der Waals surface area (Å²) in [7, 11) is 3.72. The molecule has 54 valence electrons. The van der Waals surface area contributed by atoms with Gasteiger partial charge in [0.25, 0.3) is 0 Å². The van der Waals surface area contributed by atoms with Crippen LogP contribution in [0.4, 0.5) is 0 Å². The predicted octanol–water partition coefficient (Wildman–Crippen LogP) is 1.18. The van der Waals surface area contributed by atoms with Crippen molar-refractivity contribution in [3.63, 3.8) is 0 Å². The molecule has 0 aromatic carbocycles. The molecule has 0 radical (unpaired) electrons. The van der Waals surface area contributed by atoms with Gasteiger partial charge in [-0.05, 0) is 12.1 Å². The number of hydrazone groups is 1. The smallest absolute Gasteiger partial charge is 0.146 e. The quantitative estimate of drug-likeness (QED) is 0.453. The van der Waals surface area contributed by atoms with E-state index in [2.05, 4.69) is 5.10 Å². The van der Waals surface area contributed by atoms with Crippen molar-refractivity contribution in [2.45, 2.75) is 0 Å².